The minimum atomic E-state index is 0.146. The van der Waals surface area contributed by atoms with Gasteiger partial charge >= 0.3 is 0 Å². The lowest BCUT2D eigenvalue weighted by molar-refractivity contribution is -0.131. The minimum absolute atomic E-state index is 0.146. The molecule has 0 atom stereocenters. The Balaban J connectivity index is 1.67. The van der Waals surface area contributed by atoms with E-state index in [9.17, 15) is 4.79 Å². The highest BCUT2D eigenvalue weighted by atomic mass is 16.6. The molecule has 1 N–H and O–H groups in total. The van der Waals surface area contributed by atoms with Crippen LogP contribution in [0.4, 0.5) is 0 Å². The van der Waals surface area contributed by atoms with E-state index in [-0.39, 0.29) is 5.91 Å². The highest BCUT2D eigenvalue weighted by Crippen LogP contribution is 2.15. The summed E-state index contributed by atoms with van der Waals surface area (Å²) in [6.07, 6.45) is 2.44. The Kier molecular flexibility index (Phi) is 3.64. The van der Waals surface area contributed by atoms with E-state index in [1.54, 1.807) is 0 Å². The molecule has 1 saturated heterocycles. The van der Waals surface area contributed by atoms with Crippen LogP contribution < -0.4 is 5.32 Å². The SMILES string of the molecule is CN(C(=O)Cc1ccc2nonc2c1)C1CCNCC1. The molecule has 6 heteroatoms. The molecule has 2 heterocycles. The summed E-state index contributed by atoms with van der Waals surface area (Å²) in [5.74, 6) is 0.146. The fraction of sp³-hybridized carbons (Fsp3) is 0.500. The highest BCUT2D eigenvalue weighted by Gasteiger charge is 2.21. The van der Waals surface area contributed by atoms with Gasteiger partial charge in [-0.1, -0.05) is 6.07 Å². The Hall–Kier alpha value is -1.95. The number of aromatic nitrogens is 2. The second kappa shape index (κ2) is 5.58. The van der Waals surface area contributed by atoms with Crippen LogP contribution in [0.15, 0.2) is 22.8 Å². The van der Waals surface area contributed by atoms with Crippen LogP contribution in [-0.2, 0) is 11.2 Å². The monoisotopic (exact) mass is 274 g/mol. The molecule has 0 spiro atoms. The van der Waals surface area contributed by atoms with Crippen molar-refractivity contribution in [2.75, 3.05) is 20.1 Å². The number of hydrogen-bond acceptors (Lipinski definition) is 5. The van der Waals surface area contributed by atoms with Crippen LogP contribution in [0.25, 0.3) is 11.0 Å². The van der Waals surface area contributed by atoms with Gasteiger partial charge in [-0.25, -0.2) is 4.63 Å². The van der Waals surface area contributed by atoms with E-state index in [1.165, 1.54) is 0 Å². The molecule has 1 aromatic heterocycles. The number of nitrogens with zero attached hydrogens (tertiary/aromatic N) is 3. The van der Waals surface area contributed by atoms with Crippen LogP contribution in [0.3, 0.4) is 0 Å². The van der Waals surface area contributed by atoms with Crippen molar-refractivity contribution in [3.63, 3.8) is 0 Å². The molecule has 0 unspecified atom stereocenters. The smallest absolute Gasteiger partial charge is 0.226 e. The molecule has 1 aliphatic rings. The van der Waals surface area contributed by atoms with Crippen molar-refractivity contribution in [3.05, 3.63) is 23.8 Å². The molecule has 0 saturated carbocycles. The van der Waals surface area contributed by atoms with E-state index in [2.05, 4.69) is 20.3 Å². The first-order chi connectivity index (χ1) is 9.74. The van der Waals surface area contributed by atoms with Gasteiger partial charge in [-0.05, 0) is 53.9 Å². The molecular weight excluding hydrogens is 256 g/mol. The minimum Gasteiger partial charge on any atom is -0.342 e. The summed E-state index contributed by atoms with van der Waals surface area (Å²) < 4.78 is 4.67. The molecule has 1 amide bonds. The molecule has 0 radical (unpaired) electrons. The van der Waals surface area contributed by atoms with E-state index in [4.69, 9.17) is 0 Å². The number of nitrogens with one attached hydrogen (secondary N) is 1. The number of rotatable bonds is 3. The van der Waals surface area contributed by atoms with Gasteiger partial charge in [-0.3, -0.25) is 4.79 Å². The number of likely N-dealkylation sites (N-methyl/N-ethyl adjacent to an activating group) is 1. The Morgan fingerprint density at radius 2 is 2.10 bits per heavy atom. The first-order valence-corrected chi connectivity index (χ1v) is 6.91. The molecule has 0 bridgehead atoms. The van der Waals surface area contributed by atoms with Crippen molar-refractivity contribution in [1.29, 1.82) is 0 Å². The molecule has 1 fully saturated rings. The summed E-state index contributed by atoms with van der Waals surface area (Å²) in [7, 11) is 1.90. The molecule has 1 aromatic carbocycles. The van der Waals surface area contributed by atoms with Gasteiger partial charge in [0.1, 0.15) is 11.0 Å². The second-order valence-electron chi connectivity index (χ2n) is 5.25. The van der Waals surface area contributed by atoms with E-state index in [1.807, 2.05) is 30.1 Å². The van der Waals surface area contributed by atoms with Crippen LogP contribution in [0, 0.1) is 0 Å². The van der Waals surface area contributed by atoms with Crippen molar-refractivity contribution in [1.82, 2.24) is 20.5 Å². The molecule has 3 rings (SSSR count). The Labute approximate surface area is 117 Å². The summed E-state index contributed by atoms with van der Waals surface area (Å²) in [5, 5.41) is 10.9. The average molecular weight is 274 g/mol. The summed E-state index contributed by atoms with van der Waals surface area (Å²) in [6.45, 7) is 1.97. The number of amides is 1. The molecule has 20 heavy (non-hydrogen) atoms. The van der Waals surface area contributed by atoms with Gasteiger partial charge in [0.05, 0.1) is 6.42 Å². The van der Waals surface area contributed by atoms with Gasteiger partial charge < -0.3 is 10.2 Å². The molecule has 1 aliphatic heterocycles. The predicted octanol–water partition coefficient (Wildman–Crippen LogP) is 0.976. The predicted molar refractivity (Wildman–Crippen MR) is 74.2 cm³/mol. The van der Waals surface area contributed by atoms with Crippen LogP contribution in [0.5, 0.6) is 0 Å². The summed E-state index contributed by atoms with van der Waals surface area (Å²) in [6, 6.07) is 5.95. The van der Waals surface area contributed by atoms with Crippen molar-refractivity contribution in [3.8, 4) is 0 Å². The maximum atomic E-state index is 12.3. The lowest BCUT2D eigenvalue weighted by Crippen LogP contribution is -2.44. The van der Waals surface area contributed by atoms with Gasteiger partial charge in [0.2, 0.25) is 5.91 Å². The quantitative estimate of drug-likeness (QED) is 0.903. The molecular formula is C14H18N4O2. The first kappa shape index (κ1) is 13.1. The fourth-order valence-electron chi connectivity index (χ4n) is 2.63. The molecule has 106 valence electrons. The summed E-state index contributed by atoms with van der Waals surface area (Å²) >= 11 is 0. The number of benzene rings is 1. The molecule has 0 aliphatic carbocycles. The third-order valence-electron chi connectivity index (χ3n) is 3.92. The number of carbonyl (C=O) groups is 1. The Morgan fingerprint density at radius 3 is 2.90 bits per heavy atom. The first-order valence-electron chi connectivity index (χ1n) is 6.91. The number of piperidine rings is 1. The zero-order valence-corrected chi connectivity index (χ0v) is 11.5. The normalized spacial score (nSPS) is 16.4. The fourth-order valence-corrected chi connectivity index (χ4v) is 2.63. The topological polar surface area (TPSA) is 71.3 Å². The lowest BCUT2D eigenvalue weighted by Gasteiger charge is -2.31. The lowest BCUT2D eigenvalue weighted by atomic mass is 10.0. The van der Waals surface area contributed by atoms with Crippen molar-refractivity contribution >= 4 is 16.9 Å². The highest BCUT2D eigenvalue weighted by molar-refractivity contribution is 5.81. The van der Waals surface area contributed by atoms with Gasteiger partial charge in [0, 0.05) is 13.1 Å². The van der Waals surface area contributed by atoms with Gasteiger partial charge in [-0.15, -0.1) is 0 Å². The van der Waals surface area contributed by atoms with Crippen LogP contribution in [0.1, 0.15) is 18.4 Å². The van der Waals surface area contributed by atoms with Crippen LogP contribution in [-0.4, -0.2) is 47.3 Å². The Morgan fingerprint density at radius 1 is 1.35 bits per heavy atom. The molecule has 6 nitrogen and oxygen atoms in total. The van der Waals surface area contributed by atoms with Crippen molar-refractivity contribution in [2.45, 2.75) is 25.3 Å². The van der Waals surface area contributed by atoms with E-state index >= 15 is 0 Å². The number of fused-ring (bicyclic) bond motifs is 1. The van der Waals surface area contributed by atoms with E-state index < -0.39 is 0 Å². The third-order valence-corrected chi connectivity index (χ3v) is 3.92. The third kappa shape index (κ3) is 2.65. The van der Waals surface area contributed by atoms with Crippen LogP contribution >= 0.6 is 0 Å². The van der Waals surface area contributed by atoms with Gasteiger partial charge in [0.25, 0.3) is 0 Å². The van der Waals surface area contributed by atoms with Crippen molar-refractivity contribution in [2.24, 2.45) is 0 Å². The van der Waals surface area contributed by atoms with E-state index in [0.29, 0.717) is 23.5 Å². The maximum Gasteiger partial charge on any atom is 0.226 e. The largest absolute Gasteiger partial charge is 0.342 e. The zero-order chi connectivity index (χ0) is 13.9. The summed E-state index contributed by atoms with van der Waals surface area (Å²) in [5.41, 5.74) is 2.35. The van der Waals surface area contributed by atoms with Gasteiger partial charge in [-0.2, -0.15) is 0 Å². The standard InChI is InChI=1S/C14H18N4O2/c1-18(11-4-6-15-7-5-11)14(19)9-10-2-3-12-13(8-10)17-20-16-12/h2-3,8,11,15H,4-7,9H2,1H3. The maximum absolute atomic E-state index is 12.3. The number of hydrogen-bond donors (Lipinski definition) is 1. The molecule has 2 aromatic rings. The second-order valence-corrected chi connectivity index (χ2v) is 5.25. The van der Waals surface area contributed by atoms with Crippen LogP contribution in [0.2, 0.25) is 0 Å². The zero-order valence-electron chi connectivity index (χ0n) is 11.5. The van der Waals surface area contributed by atoms with Gasteiger partial charge in [0.15, 0.2) is 0 Å². The number of carbonyl (C=O) groups excluding carboxylic acids is 1. The Bertz CT molecular complexity index is 604. The average Bonchev–Trinajstić information content (AvgIpc) is 2.95. The van der Waals surface area contributed by atoms with E-state index in [0.717, 1.165) is 31.5 Å². The van der Waals surface area contributed by atoms with Crippen molar-refractivity contribution < 1.29 is 9.42 Å². The summed E-state index contributed by atoms with van der Waals surface area (Å²) in [4.78, 5) is 14.2.